The molecule has 7 heteroatoms. The minimum absolute atomic E-state index is 0.0342. The van der Waals surface area contributed by atoms with Crippen LogP contribution in [0.25, 0.3) is 0 Å². The van der Waals surface area contributed by atoms with Gasteiger partial charge in [-0.1, -0.05) is 23.4 Å². The maximum atomic E-state index is 13.6. The van der Waals surface area contributed by atoms with Gasteiger partial charge in [-0.2, -0.15) is 0 Å². The van der Waals surface area contributed by atoms with E-state index in [1.165, 1.54) is 15.9 Å². The standard InChI is InChI=1S/C19H25FN4O2/c1-15-12-17(22-26-15)13-23-8-10-24(11-9-23)14-19(25)21-7-6-16-4-2-3-5-18(16)20/h2-5,12H,6-11,13-14H2,1H3,(H,21,25)/p+2. The van der Waals surface area contributed by atoms with E-state index in [1.807, 2.05) is 19.1 Å². The second kappa shape index (κ2) is 8.91. The van der Waals surface area contributed by atoms with Crippen LogP contribution in [0.5, 0.6) is 0 Å². The molecule has 0 spiro atoms. The number of amides is 1. The highest BCUT2D eigenvalue weighted by molar-refractivity contribution is 5.76. The Morgan fingerprint density at radius 3 is 2.65 bits per heavy atom. The lowest BCUT2D eigenvalue weighted by atomic mass is 10.1. The first-order chi connectivity index (χ1) is 12.6. The van der Waals surface area contributed by atoms with Gasteiger partial charge in [0.15, 0.2) is 6.54 Å². The molecule has 26 heavy (non-hydrogen) atoms. The number of piperazine rings is 1. The van der Waals surface area contributed by atoms with Gasteiger partial charge < -0.3 is 19.6 Å². The monoisotopic (exact) mass is 362 g/mol. The van der Waals surface area contributed by atoms with Crippen molar-refractivity contribution in [2.45, 2.75) is 19.9 Å². The lowest BCUT2D eigenvalue weighted by Gasteiger charge is -2.28. The first kappa shape index (κ1) is 18.5. The van der Waals surface area contributed by atoms with E-state index in [-0.39, 0.29) is 11.7 Å². The molecule has 3 N–H and O–H groups in total. The number of benzene rings is 1. The third kappa shape index (κ3) is 5.37. The van der Waals surface area contributed by atoms with Crippen molar-refractivity contribution >= 4 is 5.91 Å². The quantitative estimate of drug-likeness (QED) is 0.578. The SMILES string of the molecule is Cc1cc(C[NH+]2CC[NH+](CC(=O)NCCc3ccccc3F)CC2)no1. The van der Waals surface area contributed by atoms with Crippen molar-refractivity contribution < 1.29 is 23.5 Å². The molecule has 6 nitrogen and oxygen atoms in total. The molecular formula is C19H27FN4O2+2. The number of carbonyl (C=O) groups excluding carboxylic acids is 1. The van der Waals surface area contributed by atoms with Crippen molar-refractivity contribution in [3.8, 4) is 0 Å². The van der Waals surface area contributed by atoms with Crippen molar-refractivity contribution in [1.29, 1.82) is 0 Å². The Labute approximate surface area is 152 Å². The molecular weight excluding hydrogens is 335 g/mol. The number of nitrogens with one attached hydrogen (secondary N) is 3. The van der Waals surface area contributed by atoms with Gasteiger partial charge in [0.25, 0.3) is 5.91 Å². The van der Waals surface area contributed by atoms with E-state index < -0.39 is 0 Å². The molecule has 0 saturated carbocycles. The van der Waals surface area contributed by atoms with Crippen LogP contribution in [-0.2, 0) is 17.8 Å². The lowest BCUT2D eigenvalue weighted by Crippen LogP contribution is -3.28. The van der Waals surface area contributed by atoms with Crippen molar-refractivity contribution in [2.24, 2.45) is 0 Å². The van der Waals surface area contributed by atoms with E-state index >= 15 is 0 Å². The number of hydrogen-bond donors (Lipinski definition) is 3. The minimum Gasteiger partial charge on any atom is -0.361 e. The molecule has 2 aromatic rings. The largest absolute Gasteiger partial charge is 0.361 e. The van der Waals surface area contributed by atoms with Crippen LogP contribution in [0.1, 0.15) is 17.0 Å². The van der Waals surface area contributed by atoms with Crippen LogP contribution in [0.3, 0.4) is 0 Å². The van der Waals surface area contributed by atoms with Crippen molar-refractivity contribution in [3.05, 3.63) is 53.2 Å². The molecule has 0 unspecified atom stereocenters. The Hall–Kier alpha value is -2.25. The summed E-state index contributed by atoms with van der Waals surface area (Å²) >= 11 is 0. The molecule has 1 saturated heterocycles. The number of aromatic nitrogens is 1. The summed E-state index contributed by atoms with van der Waals surface area (Å²) in [5.74, 6) is 0.663. The topological polar surface area (TPSA) is 64.0 Å². The first-order valence-corrected chi connectivity index (χ1v) is 9.19. The summed E-state index contributed by atoms with van der Waals surface area (Å²) in [5.41, 5.74) is 1.63. The summed E-state index contributed by atoms with van der Waals surface area (Å²) < 4.78 is 18.7. The predicted molar refractivity (Wildman–Crippen MR) is 94.3 cm³/mol. The third-order valence-electron chi connectivity index (χ3n) is 4.86. The first-order valence-electron chi connectivity index (χ1n) is 9.19. The van der Waals surface area contributed by atoms with Gasteiger partial charge in [-0.15, -0.1) is 0 Å². The highest BCUT2D eigenvalue weighted by atomic mass is 19.1. The average Bonchev–Trinajstić information content (AvgIpc) is 3.03. The lowest BCUT2D eigenvalue weighted by molar-refractivity contribution is -1.02. The molecule has 0 aliphatic carbocycles. The second-order valence-electron chi connectivity index (χ2n) is 6.97. The minimum atomic E-state index is -0.214. The summed E-state index contributed by atoms with van der Waals surface area (Å²) in [7, 11) is 0. The molecule has 3 rings (SSSR count). The summed E-state index contributed by atoms with van der Waals surface area (Å²) in [5, 5.41) is 6.95. The van der Waals surface area contributed by atoms with E-state index in [2.05, 4.69) is 10.5 Å². The Morgan fingerprint density at radius 2 is 1.96 bits per heavy atom. The number of carbonyl (C=O) groups is 1. The Bertz CT molecular complexity index is 726. The summed E-state index contributed by atoms with van der Waals surface area (Å²) in [6, 6.07) is 8.67. The molecule has 1 aliphatic rings. The smallest absolute Gasteiger partial charge is 0.275 e. The predicted octanol–water partition coefficient (Wildman–Crippen LogP) is -1.24. The molecule has 1 aliphatic heterocycles. The molecule has 2 heterocycles. The van der Waals surface area contributed by atoms with Gasteiger partial charge in [-0.05, 0) is 25.0 Å². The van der Waals surface area contributed by atoms with Gasteiger partial charge in [-0.3, -0.25) is 4.79 Å². The summed E-state index contributed by atoms with van der Waals surface area (Å²) in [6.45, 7) is 7.69. The fourth-order valence-electron chi connectivity index (χ4n) is 3.40. The van der Waals surface area contributed by atoms with Gasteiger partial charge >= 0.3 is 0 Å². The van der Waals surface area contributed by atoms with E-state index in [0.29, 0.717) is 25.1 Å². The number of halogens is 1. The van der Waals surface area contributed by atoms with Gasteiger partial charge in [-0.25, -0.2) is 4.39 Å². The van der Waals surface area contributed by atoms with Crippen LogP contribution in [0.15, 0.2) is 34.9 Å². The van der Waals surface area contributed by atoms with E-state index in [9.17, 15) is 9.18 Å². The molecule has 140 valence electrons. The third-order valence-corrected chi connectivity index (χ3v) is 4.86. The number of rotatable bonds is 7. The van der Waals surface area contributed by atoms with Crippen molar-refractivity contribution in [3.63, 3.8) is 0 Å². The molecule has 0 atom stereocenters. The average molecular weight is 362 g/mol. The van der Waals surface area contributed by atoms with Crippen LogP contribution in [0, 0.1) is 12.7 Å². The van der Waals surface area contributed by atoms with Gasteiger partial charge in [0.1, 0.15) is 50.0 Å². The van der Waals surface area contributed by atoms with Gasteiger partial charge in [0, 0.05) is 12.6 Å². The van der Waals surface area contributed by atoms with Crippen LogP contribution in [0.4, 0.5) is 4.39 Å². The van der Waals surface area contributed by atoms with Crippen molar-refractivity contribution in [1.82, 2.24) is 10.5 Å². The Balaban J connectivity index is 1.33. The number of aryl methyl sites for hydroxylation is 1. The molecule has 0 bridgehead atoms. The molecule has 1 aromatic heterocycles. The van der Waals surface area contributed by atoms with E-state index in [1.54, 1.807) is 12.1 Å². The van der Waals surface area contributed by atoms with Crippen LogP contribution < -0.4 is 15.1 Å². The zero-order valence-corrected chi connectivity index (χ0v) is 15.2. The Morgan fingerprint density at radius 1 is 1.23 bits per heavy atom. The molecule has 1 amide bonds. The van der Waals surface area contributed by atoms with Crippen LogP contribution >= 0.6 is 0 Å². The number of nitrogens with zero attached hydrogens (tertiary/aromatic N) is 1. The van der Waals surface area contributed by atoms with E-state index in [4.69, 9.17) is 4.52 Å². The zero-order valence-electron chi connectivity index (χ0n) is 15.2. The molecule has 1 aromatic carbocycles. The van der Waals surface area contributed by atoms with Gasteiger partial charge in [0.05, 0.1) is 0 Å². The molecule has 1 fully saturated rings. The highest BCUT2D eigenvalue weighted by Crippen LogP contribution is 2.05. The summed E-state index contributed by atoms with van der Waals surface area (Å²) in [6.07, 6.45) is 0.517. The second-order valence-corrected chi connectivity index (χ2v) is 6.97. The normalized spacial score (nSPS) is 20.1. The fraction of sp³-hybridized carbons (Fsp3) is 0.474. The van der Waals surface area contributed by atoms with Crippen LogP contribution in [-0.4, -0.2) is 50.3 Å². The van der Waals surface area contributed by atoms with Gasteiger partial charge in [0.2, 0.25) is 0 Å². The summed E-state index contributed by atoms with van der Waals surface area (Å²) in [4.78, 5) is 14.9. The maximum Gasteiger partial charge on any atom is 0.275 e. The molecule has 0 radical (unpaired) electrons. The number of hydrogen-bond acceptors (Lipinski definition) is 3. The Kier molecular flexibility index (Phi) is 6.35. The maximum absolute atomic E-state index is 13.6. The highest BCUT2D eigenvalue weighted by Gasteiger charge is 2.25. The van der Waals surface area contributed by atoms with Crippen LogP contribution in [0.2, 0.25) is 0 Å². The number of quaternary nitrogens is 2. The zero-order chi connectivity index (χ0) is 18.4. The fourth-order valence-corrected chi connectivity index (χ4v) is 3.40. The van der Waals surface area contributed by atoms with Crippen molar-refractivity contribution in [2.75, 3.05) is 39.3 Å². The van der Waals surface area contributed by atoms with E-state index in [0.717, 1.165) is 44.2 Å².